The summed E-state index contributed by atoms with van der Waals surface area (Å²) in [4.78, 5) is 4.66. The summed E-state index contributed by atoms with van der Waals surface area (Å²) < 4.78 is 0. The van der Waals surface area contributed by atoms with Crippen molar-refractivity contribution in [3.05, 3.63) is 33.3 Å². The molecule has 0 radical (unpaired) electrons. The van der Waals surface area contributed by atoms with E-state index >= 15 is 0 Å². The molecule has 2 rings (SSSR count). The highest BCUT2D eigenvalue weighted by molar-refractivity contribution is 6.40. The highest BCUT2D eigenvalue weighted by Gasteiger charge is 2.12. The first kappa shape index (κ1) is 14.4. The van der Waals surface area contributed by atoms with Crippen LogP contribution in [-0.4, -0.2) is 11.5 Å². The predicted octanol–water partition coefficient (Wildman–Crippen LogP) is 5.23. The minimum Gasteiger partial charge on any atom is -0.370 e. The first-order chi connectivity index (χ1) is 9.08. The number of hydrogen-bond acceptors (Lipinski definition) is 2. The summed E-state index contributed by atoms with van der Waals surface area (Å²) in [5.74, 6) is 0.915. The summed E-state index contributed by atoms with van der Waals surface area (Å²) in [6, 6.07) is 3.97. The Bertz CT molecular complexity index is 609. The summed E-state index contributed by atoms with van der Waals surface area (Å²) in [7, 11) is 0. The van der Waals surface area contributed by atoms with Gasteiger partial charge < -0.3 is 5.32 Å². The second-order valence-electron chi connectivity index (χ2n) is 4.66. The van der Waals surface area contributed by atoms with Crippen molar-refractivity contribution in [1.82, 2.24) is 4.98 Å². The lowest BCUT2D eigenvalue weighted by molar-refractivity contribution is 0.962. The van der Waals surface area contributed by atoms with Crippen LogP contribution in [0.3, 0.4) is 0 Å². The minimum absolute atomic E-state index is 0.652. The molecule has 2 aromatic rings. The van der Waals surface area contributed by atoms with Gasteiger partial charge in [0.15, 0.2) is 0 Å². The molecule has 0 spiro atoms. The maximum absolute atomic E-state index is 6.36. The first-order valence-corrected chi connectivity index (χ1v) is 7.36. The smallest absolute Gasteiger partial charge is 0.129 e. The average molecular weight is 297 g/mol. The molecule has 102 valence electrons. The van der Waals surface area contributed by atoms with Gasteiger partial charge in [0.05, 0.1) is 15.6 Å². The van der Waals surface area contributed by atoms with Crippen LogP contribution in [-0.2, 0) is 6.42 Å². The van der Waals surface area contributed by atoms with Crippen molar-refractivity contribution < 1.29 is 0 Å². The van der Waals surface area contributed by atoms with E-state index in [1.165, 1.54) is 5.56 Å². The van der Waals surface area contributed by atoms with Crippen molar-refractivity contribution >= 4 is 39.9 Å². The Morgan fingerprint density at radius 1 is 1.21 bits per heavy atom. The quantitative estimate of drug-likeness (QED) is 0.835. The van der Waals surface area contributed by atoms with Gasteiger partial charge in [0.1, 0.15) is 5.82 Å². The van der Waals surface area contributed by atoms with Crippen LogP contribution in [0.15, 0.2) is 12.1 Å². The third-order valence-electron chi connectivity index (χ3n) is 3.18. The monoisotopic (exact) mass is 296 g/mol. The Balaban J connectivity index is 2.66. The van der Waals surface area contributed by atoms with Crippen molar-refractivity contribution in [2.24, 2.45) is 0 Å². The Labute approximate surface area is 124 Å². The first-order valence-electron chi connectivity index (χ1n) is 6.60. The molecular formula is C15H18Cl2N2. The fourth-order valence-electron chi connectivity index (χ4n) is 2.10. The number of anilines is 1. The molecule has 19 heavy (non-hydrogen) atoms. The van der Waals surface area contributed by atoms with E-state index in [2.05, 4.69) is 30.2 Å². The average Bonchev–Trinajstić information content (AvgIpc) is 2.41. The van der Waals surface area contributed by atoms with Gasteiger partial charge in [-0.15, -0.1) is 0 Å². The lowest BCUT2D eigenvalue weighted by atomic mass is 10.1. The van der Waals surface area contributed by atoms with Crippen LogP contribution >= 0.6 is 23.2 Å². The number of fused-ring (bicyclic) bond motifs is 1. The van der Waals surface area contributed by atoms with E-state index in [1.54, 1.807) is 0 Å². The van der Waals surface area contributed by atoms with E-state index in [4.69, 9.17) is 23.2 Å². The van der Waals surface area contributed by atoms with Gasteiger partial charge in [0.2, 0.25) is 0 Å². The molecule has 4 heteroatoms. The Morgan fingerprint density at radius 2 is 1.95 bits per heavy atom. The van der Waals surface area contributed by atoms with Crippen LogP contribution in [0.2, 0.25) is 10.0 Å². The van der Waals surface area contributed by atoms with E-state index in [9.17, 15) is 0 Å². The minimum atomic E-state index is 0.652. The number of aromatic nitrogens is 1. The van der Waals surface area contributed by atoms with Crippen molar-refractivity contribution in [3.63, 3.8) is 0 Å². The van der Waals surface area contributed by atoms with Gasteiger partial charge in [0, 0.05) is 11.9 Å². The molecule has 0 aliphatic rings. The predicted molar refractivity (Wildman–Crippen MR) is 84.7 cm³/mol. The van der Waals surface area contributed by atoms with E-state index in [-0.39, 0.29) is 0 Å². The SMILES string of the molecule is CCCNc1nc2c(Cl)cc(C)c(Cl)c2cc1CC. The van der Waals surface area contributed by atoms with Crippen LogP contribution in [0.5, 0.6) is 0 Å². The summed E-state index contributed by atoms with van der Waals surface area (Å²) in [5.41, 5.74) is 2.93. The number of rotatable bonds is 4. The van der Waals surface area contributed by atoms with E-state index in [0.717, 1.165) is 46.7 Å². The number of nitrogens with zero attached hydrogens (tertiary/aromatic N) is 1. The van der Waals surface area contributed by atoms with Crippen molar-refractivity contribution in [1.29, 1.82) is 0 Å². The number of benzene rings is 1. The molecule has 0 fully saturated rings. The maximum Gasteiger partial charge on any atom is 0.129 e. The third kappa shape index (κ3) is 2.80. The summed E-state index contributed by atoms with van der Waals surface area (Å²) >= 11 is 12.7. The van der Waals surface area contributed by atoms with Gasteiger partial charge in [-0.05, 0) is 43.0 Å². The van der Waals surface area contributed by atoms with Gasteiger partial charge in [0.25, 0.3) is 0 Å². The fourth-order valence-corrected chi connectivity index (χ4v) is 2.61. The molecule has 0 saturated carbocycles. The van der Waals surface area contributed by atoms with E-state index in [1.807, 2.05) is 13.0 Å². The highest BCUT2D eigenvalue weighted by atomic mass is 35.5. The molecule has 1 aromatic heterocycles. The molecule has 0 aliphatic carbocycles. The lowest BCUT2D eigenvalue weighted by Crippen LogP contribution is -2.05. The molecule has 0 bridgehead atoms. The number of nitrogens with one attached hydrogen (secondary N) is 1. The third-order valence-corrected chi connectivity index (χ3v) is 3.97. The van der Waals surface area contributed by atoms with Gasteiger partial charge in [-0.2, -0.15) is 0 Å². The second kappa shape index (κ2) is 5.98. The maximum atomic E-state index is 6.36. The summed E-state index contributed by atoms with van der Waals surface area (Å²) in [5, 5.41) is 5.68. The molecule has 0 aliphatic heterocycles. The zero-order chi connectivity index (χ0) is 14.0. The molecule has 2 nitrogen and oxygen atoms in total. The number of hydrogen-bond donors (Lipinski definition) is 1. The molecular weight excluding hydrogens is 279 g/mol. The largest absolute Gasteiger partial charge is 0.370 e. The fraction of sp³-hybridized carbons (Fsp3) is 0.400. The van der Waals surface area contributed by atoms with Crippen LogP contribution in [0.1, 0.15) is 31.4 Å². The molecule has 0 saturated heterocycles. The second-order valence-corrected chi connectivity index (χ2v) is 5.45. The molecule has 0 atom stereocenters. The van der Waals surface area contributed by atoms with Gasteiger partial charge >= 0.3 is 0 Å². The van der Waals surface area contributed by atoms with Crippen molar-refractivity contribution in [2.45, 2.75) is 33.6 Å². The molecule has 1 heterocycles. The zero-order valence-electron chi connectivity index (χ0n) is 11.5. The normalized spacial score (nSPS) is 11.0. The summed E-state index contributed by atoms with van der Waals surface area (Å²) in [6.45, 7) is 7.11. The highest BCUT2D eigenvalue weighted by Crippen LogP contribution is 2.34. The standard InChI is InChI=1S/C15H18Cl2N2/c1-4-6-18-15-10(5-2)8-11-13(17)9(3)7-12(16)14(11)19-15/h7-8H,4-6H2,1-3H3,(H,18,19). The number of pyridine rings is 1. The zero-order valence-corrected chi connectivity index (χ0v) is 13.0. The molecule has 1 N–H and O–H groups in total. The van der Waals surface area contributed by atoms with Crippen molar-refractivity contribution in [3.8, 4) is 0 Å². The molecule has 0 amide bonds. The van der Waals surface area contributed by atoms with Crippen molar-refractivity contribution in [2.75, 3.05) is 11.9 Å². The summed E-state index contributed by atoms with van der Waals surface area (Å²) in [6.07, 6.45) is 1.97. The van der Waals surface area contributed by atoms with Crippen LogP contribution in [0, 0.1) is 6.92 Å². The van der Waals surface area contributed by atoms with Gasteiger partial charge in [-0.1, -0.05) is 37.0 Å². The lowest BCUT2D eigenvalue weighted by Gasteiger charge is -2.13. The topological polar surface area (TPSA) is 24.9 Å². The van der Waals surface area contributed by atoms with Gasteiger partial charge in [-0.3, -0.25) is 0 Å². The number of aryl methyl sites for hydroxylation is 2. The Hall–Kier alpha value is -0.990. The van der Waals surface area contributed by atoms with Crippen LogP contribution < -0.4 is 5.32 Å². The number of halogens is 2. The van der Waals surface area contributed by atoms with E-state index < -0.39 is 0 Å². The van der Waals surface area contributed by atoms with Gasteiger partial charge in [-0.25, -0.2) is 4.98 Å². The Kier molecular flexibility index (Phi) is 4.54. The molecule has 0 unspecified atom stereocenters. The van der Waals surface area contributed by atoms with E-state index in [0.29, 0.717) is 5.02 Å². The van der Waals surface area contributed by atoms with Crippen LogP contribution in [0.4, 0.5) is 5.82 Å². The molecule has 1 aromatic carbocycles. The van der Waals surface area contributed by atoms with Crippen LogP contribution in [0.25, 0.3) is 10.9 Å². The Morgan fingerprint density at radius 3 is 2.58 bits per heavy atom.